The van der Waals surface area contributed by atoms with Crippen molar-refractivity contribution in [3.8, 4) is 0 Å². The summed E-state index contributed by atoms with van der Waals surface area (Å²) in [5, 5.41) is 15.5. The van der Waals surface area contributed by atoms with Crippen molar-refractivity contribution in [1.29, 1.82) is 0 Å². The van der Waals surface area contributed by atoms with E-state index in [1.165, 1.54) is 39.9 Å². The quantitative estimate of drug-likeness (QED) is 0.811. The number of nitrogens with zero attached hydrogens (tertiary/aromatic N) is 1. The lowest BCUT2D eigenvalue weighted by atomic mass is 9.97. The lowest BCUT2D eigenvalue weighted by molar-refractivity contribution is -0.120. The van der Waals surface area contributed by atoms with E-state index in [1.54, 1.807) is 0 Å². The number of piperidine rings is 1. The molecule has 7 nitrogen and oxygen atoms in total. The molecule has 9 heteroatoms. The SMILES string of the molecule is O=C(O)c1ccc(S(=O)(=O)N2CCC(C(=O)Nc3ccsc3)CC2)cc1. The number of benzene rings is 1. The molecule has 3 rings (SSSR count). The zero-order chi connectivity index (χ0) is 18.7. The second kappa shape index (κ2) is 7.56. The number of thiophene rings is 1. The normalized spacial score (nSPS) is 16.3. The molecule has 138 valence electrons. The minimum Gasteiger partial charge on any atom is -0.478 e. The Balaban J connectivity index is 1.63. The third kappa shape index (κ3) is 3.95. The summed E-state index contributed by atoms with van der Waals surface area (Å²) in [6, 6.07) is 6.97. The van der Waals surface area contributed by atoms with Crippen LogP contribution in [0.1, 0.15) is 23.2 Å². The number of sulfonamides is 1. The summed E-state index contributed by atoms with van der Waals surface area (Å²) >= 11 is 1.49. The van der Waals surface area contributed by atoms with Crippen molar-refractivity contribution >= 4 is 38.9 Å². The largest absolute Gasteiger partial charge is 0.478 e. The van der Waals surface area contributed by atoms with Gasteiger partial charge in [0, 0.05) is 24.4 Å². The van der Waals surface area contributed by atoms with E-state index in [0.717, 1.165) is 5.69 Å². The van der Waals surface area contributed by atoms with Crippen molar-refractivity contribution in [3.63, 3.8) is 0 Å². The molecule has 1 aliphatic heterocycles. The van der Waals surface area contributed by atoms with E-state index in [-0.39, 0.29) is 35.4 Å². The minimum atomic E-state index is -3.69. The fraction of sp³-hybridized carbons (Fsp3) is 0.294. The molecule has 1 amide bonds. The van der Waals surface area contributed by atoms with Crippen molar-refractivity contribution in [2.75, 3.05) is 18.4 Å². The predicted octanol–water partition coefficient (Wildman–Crippen LogP) is 2.49. The fourth-order valence-corrected chi connectivity index (χ4v) is 4.91. The smallest absolute Gasteiger partial charge is 0.335 e. The summed E-state index contributed by atoms with van der Waals surface area (Å²) in [6.45, 7) is 0.509. The number of rotatable bonds is 5. The molecule has 1 aromatic heterocycles. The summed E-state index contributed by atoms with van der Waals surface area (Å²) in [6.07, 6.45) is 0.894. The molecular weight excluding hydrogens is 376 g/mol. The summed E-state index contributed by atoms with van der Waals surface area (Å²) < 4.78 is 26.7. The van der Waals surface area contributed by atoms with Crippen molar-refractivity contribution in [1.82, 2.24) is 4.31 Å². The number of hydrogen-bond donors (Lipinski definition) is 2. The number of carbonyl (C=O) groups excluding carboxylic acids is 1. The second-order valence-corrected chi connectivity index (χ2v) is 8.73. The molecule has 1 aromatic carbocycles. The average Bonchev–Trinajstić information content (AvgIpc) is 3.15. The molecule has 0 bridgehead atoms. The van der Waals surface area contributed by atoms with Gasteiger partial charge in [0.1, 0.15) is 0 Å². The molecule has 1 saturated heterocycles. The molecule has 1 fully saturated rings. The molecule has 2 aromatic rings. The lowest BCUT2D eigenvalue weighted by Crippen LogP contribution is -2.41. The first-order valence-corrected chi connectivity index (χ1v) is 10.4. The maximum absolute atomic E-state index is 12.7. The van der Waals surface area contributed by atoms with E-state index in [9.17, 15) is 18.0 Å². The first kappa shape index (κ1) is 18.6. The molecule has 0 spiro atoms. The minimum absolute atomic E-state index is 0.0350. The average molecular weight is 394 g/mol. The Morgan fingerprint density at radius 1 is 1.12 bits per heavy atom. The lowest BCUT2D eigenvalue weighted by Gasteiger charge is -2.30. The fourth-order valence-electron chi connectivity index (χ4n) is 2.86. The van der Waals surface area contributed by atoms with Crippen LogP contribution in [0.2, 0.25) is 0 Å². The number of anilines is 1. The number of carboxylic acids is 1. The molecule has 0 unspecified atom stereocenters. The molecular formula is C17H18N2O5S2. The van der Waals surface area contributed by atoms with Crippen LogP contribution in [-0.2, 0) is 14.8 Å². The van der Waals surface area contributed by atoms with Crippen LogP contribution in [0.25, 0.3) is 0 Å². The van der Waals surface area contributed by atoms with Crippen LogP contribution in [0.5, 0.6) is 0 Å². The zero-order valence-corrected chi connectivity index (χ0v) is 15.4. The molecule has 26 heavy (non-hydrogen) atoms. The van der Waals surface area contributed by atoms with Gasteiger partial charge in [-0.15, -0.1) is 0 Å². The van der Waals surface area contributed by atoms with Gasteiger partial charge in [-0.25, -0.2) is 13.2 Å². The maximum atomic E-state index is 12.7. The molecule has 0 atom stereocenters. The Morgan fingerprint density at radius 3 is 2.31 bits per heavy atom. The second-order valence-electron chi connectivity index (χ2n) is 6.01. The highest BCUT2D eigenvalue weighted by Crippen LogP contribution is 2.25. The summed E-state index contributed by atoms with van der Waals surface area (Å²) in [5.41, 5.74) is 0.793. The topological polar surface area (TPSA) is 104 Å². The third-order valence-electron chi connectivity index (χ3n) is 4.35. The van der Waals surface area contributed by atoms with Gasteiger partial charge < -0.3 is 10.4 Å². The number of nitrogens with one attached hydrogen (secondary N) is 1. The van der Waals surface area contributed by atoms with E-state index < -0.39 is 16.0 Å². The molecule has 0 aliphatic carbocycles. The highest BCUT2D eigenvalue weighted by Gasteiger charge is 2.32. The van der Waals surface area contributed by atoms with Crippen LogP contribution in [0.3, 0.4) is 0 Å². The number of carboxylic acid groups (broad SMARTS) is 1. The predicted molar refractivity (Wildman–Crippen MR) is 97.8 cm³/mol. The third-order valence-corrected chi connectivity index (χ3v) is 6.95. The van der Waals surface area contributed by atoms with Gasteiger partial charge in [0.05, 0.1) is 16.1 Å². The molecule has 0 radical (unpaired) electrons. The Morgan fingerprint density at radius 2 is 1.77 bits per heavy atom. The van der Waals surface area contributed by atoms with Gasteiger partial charge in [-0.2, -0.15) is 15.6 Å². The number of carbonyl (C=O) groups is 2. The molecule has 0 saturated carbocycles. The first-order valence-electron chi connectivity index (χ1n) is 8.04. The summed E-state index contributed by atoms with van der Waals surface area (Å²) in [7, 11) is -3.69. The van der Waals surface area contributed by atoms with E-state index in [0.29, 0.717) is 12.8 Å². The molecule has 2 heterocycles. The van der Waals surface area contributed by atoms with Gasteiger partial charge in [0.15, 0.2) is 0 Å². The molecule has 1 aliphatic rings. The van der Waals surface area contributed by atoms with Crippen molar-refractivity contribution in [2.24, 2.45) is 5.92 Å². The van der Waals surface area contributed by atoms with Gasteiger partial charge in [0.2, 0.25) is 15.9 Å². The number of hydrogen-bond acceptors (Lipinski definition) is 5. The van der Waals surface area contributed by atoms with Crippen LogP contribution in [0.15, 0.2) is 46.0 Å². The monoisotopic (exact) mass is 394 g/mol. The van der Waals surface area contributed by atoms with Gasteiger partial charge in [-0.3, -0.25) is 4.79 Å². The Hall–Kier alpha value is -2.23. The van der Waals surface area contributed by atoms with Crippen LogP contribution >= 0.6 is 11.3 Å². The number of aromatic carboxylic acids is 1. The highest BCUT2D eigenvalue weighted by molar-refractivity contribution is 7.89. The van der Waals surface area contributed by atoms with E-state index in [1.807, 2.05) is 16.8 Å². The Bertz CT molecular complexity index is 884. The molecule has 2 N–H and O–H groups in total. The first-order chi connectivity index (χ1) is 12.4. The summed E-state index contributed by atoms with van der Waals surface area (Å²) in [4.78, 5) is 23.2. The van der Waals surface area contributed by atoms with Gasteiger partial charge in [0.25, 0.3) is 0 Å². The van der Waals surface area contributed by atoms with Crippen molar-refractivity contribution < 1.29 is 23.1 Å². The standard InChI is InChI=1S/C17H18N2O5S2/c20-16(18-14-7-10-25-11-14)12-5-8-19(9-6-12)26(23,24)15-3-1-13(2-4-15)17(21)22/h1-4,7,10-12H,5-6,8-9H2,(H,18,20)(H,21,22). The van der Waals surface area contributed by atoms with Crippen LogP contribution in [0.4, 0.5) is 5.69 Å². The zero-order valence-electron chi connectivity index (χ0n) is 13.8. The van der Waals surface area contributed by atoms with Crippen LogP contribution in [0, 0.1) is 5.92 Å². The maximum Gasteiger partial charge on any atom is 0.335 e. The van der Waals surface area contributed by atoms with E-state index in [4.69, 9.17) is 5.11 Å². The van der Waals surface area contributed by atoms with Crippen LogP contribution in [-0.4, -0.2) is 42.8 Å². The van der Waals surface area contributed by atoms with Crippen molar-refractivity contribution in [2.45, 2.75) is 17.7 Å². The van der Waals surface area contributed by atoms with Crippen molar-refractivity contribution in [3.05, 3.63) is 46.7 Å². The Labute approximate surface area is 155 Å². The summed E-state index contributed by atoms with van der Waals surface area (Å²) in [5.74, 6) is -1.42. The highest BCUT2D eigenvalue weighted by atomic mass is 32.2. The van der Waals surface area contributed by atoms with Gasteiger partial charge >= 0.3 is 5.97 Å². The Kier molecular flexibility index (Phi) is 5.40. The number of amides is 1. The van der Waals surface area contributed by atoms with Gasteiger partial charge in [-0.1, -0.05) is 0 Å². The van der Waals surface area contributed by atoms with E-state index >= 15 is 0 Å². The van der Waals surface area contributed by atoms with E-state index in [2.05, 4.69) is 5.32 Å². The van der Waals surface area contributed by atoms with Gasteiger partial charge in [-0.05, 0) is 48.6 Å². The van der Waals surface area contributed by atoms with Crippen LogP contribution < -0.4 is 5.32 Å².